The third-order valence-corrected chi connectivity index (χ3v) is 4.29. The molecule has 0 atom stereocenters. The summed E-state index contributed by atoms with van der Waals surface area (Å²) in [7, 11) is 0. The van der Waals surface area contributed by atoms with E-state index in [-0.39, 0.29) is 34.2 Å². The summed E-state index contributed by atoms with van der Waals surface area (Å²) in [5.41, 5.74) is 6.67. The van der Waals surface area contributed by atoms with Crippen LogP contribution in [-0.2, 0) is 0 Å². The molecule has 0 fully saturated rings. The summed E-state index contributed by atoms with van der Waals surface area (Å²) in [4.78, 5) is 10.7. The first kappa shape index (κ1) is 19.7. The van der Waals surface area contributed by atoms with Crippen LogP contribution in [0.2, 0.25) is 0 Å². The molecular weight excluding hydrogens is 483 g/mol. The fourth-order valence-electron chi connectivity index (χ4n) is 2.40. The lowest BCUT2D eigenvalue weighted by atomic mass is 10.2. The van der Waals surface area contributed by atoms with Gasteiger partial charge in [0, 0.05) is 21.4 Å². The number of carbonyl (C=O) groups is 1. The molecule has 0 saturated heterocycles. The van der Waals surface area contributed by atoms with Crippen LogP contribution in [0.1, 0.15) is 0 Å². The van der Waals surface area contributed by atoms with Crippen LogP contribution in [-0.4, -0.2) is 11.2 Å². The molecular formula is C19H14F2IN3O3. The number of halogens is 3. The van der Waals surface area contributed by atoms with Gasteiger partial charge in [0.15, 0.2) is 5.75 Å². The maximum absolute atomic E-state index is 14.1. The van der Waals surface area contributed by atoms with Gasteiger partial charge in [-0.15, -0.1) is 0 Å². The second kappa shape index (κ2) is 8.30. The number of nitrogens with two attached hydrogens (primary N) is 1. The van der Waals surface area contributed by atoms with E-state index in [0.29, 0.717) is 3.57 Å². The topological polar surface area (TPSA) is 96.6 Å². The van der Waals surface area contributed by atoms with Gasteiger partial charge < -0.3 is 20.9 Å². The first-order chi connectivity index (χ1) is 13.3. The molecule has 1 amide bonds. The van der Waals surface area contributed by atoms with Crippen molar-refractivity contribution in [1.82, 2.24) is 0 Å². The van der Waals surface area contributed by atoms with E-state index >= 15 is 0 Å². The first-order valence-electron chi connectivity index (χ1n) is 7.91. The highest BCUT2D eigenvalue weighted by Gasteiger charge is 2.13. The molecule has 28 heavy (non-hydrogen) atoms. The summed E-state index contributed by atoms with van der Waals surface area (Å²) in [6.07, 6.45) is -1.23. The van der Waals surface area contributed by atoms with Crippen LogP contribution in [0.4, 0.5) is 36.3 Å². The van der Waals surface area contributed by atoms with Crippen LogP contribution < -0.4 is 21.1 Å². The standard InChI is InChI=1S/C19H14F2IN3O3/c20-10-6-16(25-15-5-4-11(22)8-14(15)21)18(23)17(7-10)28-13-3-1-2-12(9-13)24-19(26)27/h1-9,24-25H,23H2,(H,26,27). The van der Waals surface area contributed by atoms with Crippen molar-refractivity contribution in [3.63, 3.8) is 0 Å². The Labute approximate surface area is 172 Å². The molecule has 0 aliphatic rings. The minimum atomic E-state index is -1.23. The molecule has 0 heterocycles. The van der Waals surface area contributed by atoms with Gasteiger partial charge in [0.25, 0.3) is 0 Å². The van der Waals surface area contributed by atoms with Gasteiger partial charge in [0.1, 0.15) is 17.4 Å². The van der Waals surface area contributed by atoms with E-state index in [9.17, 15) is 13.6 Å². The van der Waals surface area contributed by atoms with Crippen molar-refractivity contribution in [3.05, 3.63) is 69.8 Å². The Morgan fingerprint density at radius 3 is 2.57 bits per heavy atom. The molecule has 144 valence electrons. The molecule has 9 heteroatoms. The van der Waals surface area contributed by atoms with Crippen molar-refractivity contribution in [1.29, 1.82) is 0 Å². The Kier molecular flexibility index (Phi) is 5.83. The molecule has 3 aromatic carbocycles. The van der Waals surface area contributed by atoms with E-state index in [0.717, 1.165) is 12.1 Å². The lowest BCUT2D eigenvalue weighted by molar-refractivity contribution is 0.209. The van der Waals surface area contributed by atoms with E-state index in [1.165, 1.54) is 24.3 Å². The molecule has 0 unspecified atom stereocenters. The number of benzene rings is 3. The number of hydrogen-bond donors (Lipinski definition) is 4. The zero-order valence-corrected chi connectivity index (χ0v) is 16.3. The highest BCUT2D eigenvalue weighted by atomic mass is 127. The number of hydrogen-bond acceptors (Lipinski definition) is 4. The fraction of sp³-hybridized carbons (Fsp3) is 0. The van der Waals surface area contributed by atoms with Crippen molar-refractivity contribution in [2.45, 2.75) is 0 Å². The summed E-state index contributed by atoms with van der Waals surface area (Å²) >= 11 is 1.98. The zero-order chi connectivity index (χ0) is 20.3. The average Bonchev–Trinajstić information content (AvgIpc) is 2.61. The molecule has 3 aromatic rings. The van der Waals surface area contributed by atoms with E-state index < -0.39 is 17.7 Å². The van der Waals surface area contributed by atoms with E-state index in [1.54, 1.807) is 18.2 Å². The molecule has 0 aromatic heterocycles. The predicted molar refractivity (Wildman–Crippen MR) is 111 cm³/mol. The predicted octanol–water partition coefficient (Wildman–Crippen LogP) is 5.78. The zero-order valence-electron chi connectivity index (χ0n) is 14.2. The van der Waals surface area contributed by atoms with Crippen LogP contribution in [0.3, 0.4) is 0 Å². The molecule has 0 aliphatic heterocycles. The molecule has 0 aliphatic carbocycles. The van der Waals surface area contributed by atoms with Crippen LogP contribution in [0.25, 0.3) is 0 Å². The molecule has 3 rings (SSSR count). The van der Waals surface area contributed by atoms with Gasteiger partial charge in [-0.05, 0) is 59.0 Å². The molecule has 0 spiro atoms. The highest BCUT2D eigenvalue weighted by Crippen LogP contribution is 2.37. The maximum Gasteiger partial charge on any atom is 0.409 e. The smallest absolute Gasteiger partial charge is 0.409 e. The average molecular weight is 497 g/mol. The molecule has 5 N–H and O–H groups in total. The monoisotopic (exact) mass is 497 g/mol. The number of nitrogen functional groups attached to an aromatic ring is 1. The number of amides is 1. The SMILES string of the molecule is Nc1c(Nc2ccc(I)cc2F)cc(F)cc1Oc1cccc(NC(=O)O)c1. The van der Waals surface area contributed by atoms with Gasteiger partial charge in [-0.3, -0.25) is 5.32 Å². The summed E-state index contributed by atoms with van der Waals surface area (Å²) in [5, 5.41) is 13.7. The van der Waals surface area contributed by atoms with Crippen molar-refractivity contribution >= 4 is 51.4 Å². The normalized spacial score (nSPS) is 10.4. The van der Waals surface area contributed by atoms with E-state index in [1.807, 2.05) is 22.6 Å². The van der Waals surface area contributed by atoms with Gasteiger partial charge in [-0.1, -0.05) is 6.07 Å². The van der Waals surface area contributed by atoms with E-state index in [4.69, 9.17) is 15.6 Å². The van der Waals surface area contributed by atoms with Gasteiger partial charge in [-0.2, -0.15) is 0 Å². The minimum absolute atomic E-state index is 0.000829. The number of anilines is 4. The second-order valence-electron chi connectivity index (χ2n) is 5.67. The maximum atomic E-state index is 14.1. The molecule has 6 nitrogen and oxygen atoms in total. The lowest BCUT2D eigenvalue weighted by Gasteiger charge is -2.15. The Morgan fingerprint density at radius 1 is 1.07 bits per heavy atom. The van der Waals surface area contributed by atoms with Crippen molar-refractivity contribution in [2.75, 3.05) is 16.4 Å². The largest absolute Gasteiger partial charge is 0.465 e. The summed E-state index contributed by atoms with van der Waals surface area (Å²) in [5.74, 6) is -0.904. The van der Waals surface area contributed by atoms with Crippen molar-refractivity contribution in [3.8, 4) is 11.5 Å². The van der Waals surface area contributed by atoms with Crippen molar-refractivity contribution < 1.29 is 23.4 Å². The van der Waals surface area contributed by atoms with Crippen LogP contribution in [0, 0.1) is 15.2 Å². The third kappa shape index (κ3) is 4.80. The van der Waals surface area contributed by atoms with E-state index in [2.05, 4.69) is 10.6 Å². The van der Waals surface area contributed by atoms with Crippen LogP contribution in [0.15, 0.2) is 54.6 Å². The van der Waals surface area contributed by atoms with Crippen LogP contribution >= 0.6 is 22.6 Å². The number of carboxylic acid groups (broad SMARTS) is 1. The highest BCUT2D eigenvalue weighted by molar-refractivity contribution is 14.1. The number of nitrogens with one attached hydrogen (secondary N) is 2. The second-order valence-corrected chi connectivity index (χ2v) is 6.92. The van der Waals surface area contributed by atoms with Crippen molar-refractivity contribution in [2.24, 2.45) is 0 Å². The Hall–Kier alpha value is -3.08. The Bertz CT molecular complexity index is 1050. The molecule has 0 radical (unpaired) electrons. The van der Waals surface area contributed by atoms with Gasteiger partial charge >= 0.3 is 6.09 Å². The summed E-state index contributed by atoms with van der Waals surface area (Å²) in [6, 6.07) is 12.8. The third-order valence-electron chi connectivity index (χ3n) is 3.62. The Morgan fingerprint density at radius 2 is 1.86 bits per heavy atom. The van der Waals surface area contributed by atoms with Crippen LogP contribution in [0.5, 0.6) is 11.5 Å². The quantitative estimate of drug-likeness (QED) is 0.265. The number of ether oxygens (including phenoxy) is 1. The summed E-state index contributed by atoms with van der Waals surface area (Å²) < 4.78 is 34.5. The first-order valence-corrected chi connectivity index (χ1v) is 8.98. The fourth-order valence-corrected chi connectivity index (χ4v) is 2.86. The molecule has 0 saturated carbocycles. The van der Waals surface area contributed by atoms with Gasteiger partial charge in [-0.25, -0.2) is 13.6 Å². The Balaban J connectivity index is 1.90. The lowest BCUT2D eigenvalue weighted by Crippen LogP contribution is -2.07. The minimum Gasteiger partial charge on any atom is -0.465 e. The van der Waals surface area contributed by atoms with Gasteiger partial charge in [0.05, 0.1) is 17.1 Å². The number of rotatable bonds is 5. The van der Waals surface area contributed by atoms with Gasteiger partial charge in [0.2, 0.25) is 0 Å². The summed E-state index contributed by atoms with van der Waals surface area (Å²) in [6.45, 7) is 0. The molecule has 0 bridgehead atoms.